The predicted octanol–water partition coefficient (Wildman–Crippen LogP) is 3.62. The largest absolute Gasteiger partial charge is 0.496 e. The van der Waals surface area contributed by atoms with Gasteiger partial charge >= 0.3 is 0 Å². The molecule has 0 spiro atoms. The van der Waals surface area contributed by atoms with E-state index in [4.69, 9.17) is 9.15 Å². The van der Waals surface area contributed by atoms with Gasteiger partial charge in [-0.05, 0) is 36.8 Å². The molecule has 1 aliphatic rings. The van der Waals surface area contributed by atoms with E-state index in [0.717, 1.165) is 6.07 Å². The molecule has 0 N–H and O–H groups in total. The van der Waals surface area contributed by atoms with Gasteiger partial charge in [0.25, 0.3) is 11.5 Å². The number of hydrogen-bond donors (Lipinski definition) is 0. The second kappa shape index (κ2) is 9.80. The van der Waals surface area contributed by atoms with Gasteiger partial charge in [0.15, 0.2) is 11.6 Å². The molecule has 180 valence electrons. The van der Waals surface area contributed by atoms with Crippen molar-refractivity contribution in [3.05, 3.63) is 87.2 Å². The summed E-state index contributed by atoms with van der Waals surface area (Å²) in [5.41, 5.74) is 1.33. The minimum atomic E-state index is -0.891. The van der Waals surface area contributed by atoms with Gasteiger partial charge in [-0.25, -0.2) is 8.78 Å². The number of carbonyl (C=O) groups is 1. The van der Waals surface area contributed by atoms with Crippen LogP contribution in [-0.2, 0) is 19.5 Å². The van der Waals surface area contributed by atoms with Crippen LogP contribution in [0.4, 0.5) is 8.78 Å². The first kappa shape index (κ1) is 23.7. The van der Waals surface area contributed by atoms with Crippen molar-refractivity contribution in [1.29, 1.82) is 0 Å². The second-order valence-electron chi connectivity index (χ2n) is 8.41. The summed E-state index contributed by atoms with van der Waals surface area (Å²) in [5.74, 6) is -1.18. The fourth-order valence-corrected chi connectivity index (χ4v) is 4.31. The van der Waals surface area contributed by atoms with E-state index < -0.39 is 11.6 Å². The Morgan fingerprint density at radius 1 is 1.18 bits per heavy atom. The van der Waals surface area contributed by atoms with E-state index in [1.807, 2.05) is 6.92 Å². The van der Waals surface area contributed by atoms with Crippen LogP contribution in [0.3, 0.4) is 0 Å². The zero-order chi connectivity index (χ0) is 24.4. The number of hydrogen-bond acceptors (Lipinski definition) is 5. The van der Waals surface area contributed by atoms with Crippen LogP contribution < -0.4 is 10.3 Å². The number of aromatic nitrogens is 1. The zero-order valence-corrected chi connectivity index (χ0v) is 19.4. The molecule has 2 aromatic heterocycles. The van der Waals surface area contributed by atoms with Crippen LogP contribution >= 0.6 is 0 Å². The van der Waals surface area contributed by atoms with Crippen molar-refractivity contribution in [2.45, 2.75) is 32.5 Å². The average Bonchev–Trinajstić information content (AvgIpc) is 3.29. The molecule has 0 unspecified atom stereocenters. The van der Waals surface area contributed by atoms with Gasteiger partial charge in [-0.3, -0.25) is 14.5 Å². The van der Waals surface area contributed by atoms with E-state index in [2.05, 4.69) is 4.90 Å². The standard InChI is InChI=1S/C25H27F2N3O4/c1-16(21-5-4-12-34-21)28(2)25(32)24-20-8-9-29(15-17-6-7-18(26)19(27)13-17)10-11-30(20)23(31)14-22(24)33-3/h4-7,12-14,16H,8-11,15H2,1-3H3/t16-/m0/s1. The SMILES string of the molecule is COc1cc(=O)n2c(c1C(=O)N(C)[C@@H](C)c1ccco1)CCN(Cc1ccc(F)c(F)c1)CC2. The smallest absolute Gasteiger partial charge is 0.259 e. The first-order valence-electron chi connectivity index (χ1n) is 11.1. The molecule has 0 saturated heterocycles. The number of rotatable bonds is 6. The van der Waals surface area contributed by atoms with Gasteiger partial charge in [-0.1, -0.05) is 6.07 Å². The van der Waals surface area contributed by atoms with Crippen LogP contribution in [-0.4, -0.2) is 47.5 Å². The Balaban J connectivity index is 1.63. The minimum Gasteiger partial charge on any atom is -0.496 e. The van der Waals surface area contributed by atoms with Crippen LogP contribution in [0.1, 0.15) is 40.3 Å². The van der Waals surface area contributed by atoms with Crippen LogP contribution in [0.2, 0.25) is 0 Å². The zero-order valence-electron chi connectivity index (χ0n) is 19.4. The lowest BCUT2D eigenvalue weighted by Crippen LogP contribution is -2.34. The van der Waals surface area contributed by atoms with E-state index in [0.29, 0.717) is 55.2 Å². The van der Waals surface area contributed by atoms with Crippen molar-refractivity contribution in [1.82, 2.24) is 14.4 Å². The van der Waals surface area contributed by atoms with Gasteiger partial charge in [0.1, 0.15) is 17.1 Å². The highest BCUT2D eigenvalue weighted by atomic mass is 19.2. The van der Waals surface area contributed by atoms with Crippen molar-refractivity contribution in [2.24, 2.45) is 0 Å². The van der Waals surface area contributed by atoms with Crippen molar-refractivity contribution >= 4 is 5.91 Å². The van der Waals surface area contributed by atoms with Gasteiger partial charge in [-0.15, -0.1) is 0 Å². The fraction of sp³-hybridized carbons (Fsp3) is 0.360. The number of ether oxygens (including phenoxy) is 1. The second-order valence-corrected chi connectivity index (χ2v) is 8.41. The molecule has 3 heterocycles. The highest BCUT2D eigenvalue weighted by Crippen LogP contribution is 2.28. The normalized spacial score (nSPS) is 14.9. The van der Waals surface area contributed by atoms with Crippen molar-refractivity contribution < 1.29 is 22.7 Å². The van der Waals surface area contributed by atoms with Gasteiger partial charge in [0.2, 0.25) is 0 Å². The van der Waals surface area contributed by atoms with E-state index >= 15 is 0 Å². The van der Waals surface area contributed by atoms with E-state index in [-0.39, 0.29) is 23.3 Å². The monoisotopic (exact) mass is 471 g/mol. The molecule has 9 heteroatoms. The summed E-state index contributed by atoms with van der Waals surface area (Å²) in [6.45, 7) is 3.67. The van der Waals surface area contributed by atoms with Crippen molar-refractivity contribution in [3.8, 4) is 5.75 Å². The van der Waals surface area contributed by atoms with Crippen molar-refractivity contribution in [2.75, 3.05) is 27.2 Å². The van der Waals surface area contributed by atoms with Gasteiger partial charge in [0, 0.05) is 51.4 Å². The molecule has 1 atom stereocenters. The lowest BCUT2D eigenvalue weighted by Gasteiger charge is -2.26. The topological polar surface area (TPSA) is 67.9 Å². The van der Waals surface area contributed by atoms with E-state index in [1.165, 1.54) is 19.2 Å². The van der Waals surface area contributed by atoms with E-state index in [9.17, 15) is 18.4 Å². The lowest BCUT2D eigenvalue weighted by atomic mass is 10.1. The minimum absolute atomic E-state index is 0.230. The maximum absolute atomic E-state index is 13.6. The van der Waals surface area contributed by atoms with Crippen molar-refractivity contribution in [3.63, 3.8) is 0 Å². The average molecular weight is 472 g/mol. The molecule has 0 aliphatic carbocycles. The Morgan fingerprint density at radius 2 is 1.97 bits per heavy atom. The highest BCUT2D eigenvalue weighted by Gasteiger charge is 2.29. The van der Waals surface area contributed by atoms with Crippen LogP contribution in [0.25, 0.3) is 0 Å². The number of methoxy groups -OCH3 is 1. The number of nitrogens with zero attached hydrogens (tertiary/aromatic N) is 3. The molecule has 0 fully saturated rings. The molecule has 3 aromatic rings. The Hall–Kier alpha value is -3.46. The summed E-state index contributed by atoms with van der Waals surface area (Å²) in [6.07, 6.45) is 1.97. The number of amides is 1. The molecule has 34 heavy (non-hydrogen) atoms. The maximum atomic E-state index is 13.6. The van der Waals surface area contributed by atoms with Gasteiger partial charge < -0.3 is 18.6 Å². The third kappa shape index (κ3) is 4.61. The Labute approximate surface area is 196 Å². The molecular weight excluding hydrogens is 444 g/mol. The third-order valence-electron chi connectivity index (χ3n) is 6.37. The Kier molecular flexibility index (Phi) is 6.83. The molecule has 0 saturated carbocycles. The first-order chi connectivity index (χ1) is 16.3. The van der Waals surface area contributed by atoms with Crippen LogP contribution in [0, 0.1) is 11.6 Å². The Morgan fingerprint density at radius 3 is 2.65 bits per heavy atom. The number of halogens is 2. The fourth-order valence-electron chi connectivity index (χ4n) is 4.31. The van der Waals surface area contributed by atoms with Gasteiger partial charge in [0.05, 0.1) is 19.4 Å². The molecule has 4 rings (SSSR count). The quantitative estimate of drug-likeness (QED) is 0.550. The molecule has 1 amide bonds. The molecular formula is C25H27F2N3O4. The predicted molar refractivity (Wildman–Crippen MR) is 122 cm³/mol. The summed E-state index contributed by atoms with van der Waals surface area (Å²) in [4.78, 5) is 30.1. The van der Waals surface area contributed by atoms with Crippen LogP contribution in [0.5, 0.6) is 5.75 Å². The van der Waals surface area contributed by atoms with Gasteiger partial charge in [-0.2, -0.15) is 0 Å². The summed E-state index contributed by atoms with van der Waals surface area (Å²) >= 11 is 0. The number of furan rings is 1. The summed E-state index contributed by atoms with van der Waals surface area (Å²) in [7, 11) is 3.12. The summed E-state index contributed by atoms with van der Waals surface area (Å²) < 4.78 is 39.4. The third-order valence-corrected chi connectivity index (χ3v) is 6.37. The molecule has 7 nitrogen and oxygen atoms in total. The first-order valence-corrected chi connectivity index (χ1v) is 11.1. The number of pyridine rings is 1. The highest BCUT2D eigenvalue weighted by molar-refractivity contribution is 5.98. The molecule has 1 aromatic carbocycles. The van der Waals surface area contributed by atoms with E-state index in [1.54, 1.807) is 41.0 Å². The Bertz CT molecular complexity index is 1240. The molecule has 1 aliphatic heterocycles. The number of carbonyl (C=O) groups excluding carboxylic acids is 1. The molecule has 0 radical (unpaired) electrons. The van der Waals surface area contributed by atoms with Crippen LogP contribution in [0.15, 0.2) is 51.9 Å². The number of benzene rings is 1. The lowest BCUT2D eigenvalue weighted by molar-refractivity contribution is 0.0720. The molecule has 0 bridgehead atoms. The summed E-state index contributed by atoms with van der Waals surface area (Å²) in [6, 6.07) is 8.43. The number of fused-ring (bicyclic) bond motifs is 1. The summed E-state index contributed by atoms with van der Waals surface area (Å²) in [5, 5.41) is 0. The maximum Gasteiger partial charge on any atom is 0.259 e.